The summed E-state index contributed by atoms with van der Waals surface area (Å²) < 4.78 is 40.5. The van der Waals surface area contributed by atoms with Crippen LogP contribution in [-0.2, 0) is 26.2 Å². The van der Waals surface area contributed by atoms with E-state index in [4.69, 9.17) is 0 Å². The summed E-state index contributed by atoms with van der Waals surface area (Å²) in [5.41, 5.74) is 0. The van der Waals surface area contributed by atoms with Crippen LogP contribution in [0.5, 0.6) is 0 Å². The summed E-state index contributed by atoms with van der Waals surface area (Å²) in [6, 6.07) is 8.21. The third-order valence-corrected chi connectivity index (χ3v) is 7.81. The number of rotatable bonds is 7. The number of amides is 2. The molecule has 0 aliphatic carbocycles. The van der Waals surface area contributed by atoms with Gasteiger partial charge in [-0.1, -0.05) is 12.5 Å². The number of nitrogens with one attached hydrogen (secondary N) is 2. The van der Waals surface area contributed by atoms with Crippen LogP contribution < -0.4 is 10.6 Å². The zero-order chi connectivity index (χ0) is 21.6. The first-order valence-electron chi connectivity index (χ1n) is 9.74. The van der Waals surface area contributed by atoms with Gasteiger partial charge in [-0.15, -0.1) is 11.3 Å². The van der Waals surface area contributed by atoms with Crippen LogP contribution in [0.15, 0.2) is 46.7 Å². The summed E-state index contributed by atoms with van der Waals surface area (Å²) in [6.45, 7) is 0.848. The van der Waals surface area contributed by atoms with Crippen molar-refractivity contribution >= 4 is 33.2 Å². The molecule has 0 saturated carbocycles. The number of hydrogen-bond acceptors (Lipinski definition) is 5. The van der Waals surface area contributed by atoms with Crippen LogP contribution in [0.25, 0.3) is 0 Å². The van der Waals surface area contributed by atoms with Crippen molar-refractivity contribution in [2.45, 2.75) is 43.2 Å². The fourth-order valence-electron chi connectivity index (χ4n) is 3.41. The molecule has 1 aliphatic heterocycles. The zero-order valence-corrected chi connectivity index (χ0v) is 18.0. The lowest BCUT2D eigenvalue weighted by molar-refractivity contribution is -0.139. The Morgan fingerprint density at radius 2 is 1.83 bits per heavy atom. The summed E-state index contributed by atoms with van der Waals surface area (Å²) in [6.07, 6.45) is 2.69. The standard InChI is InChI=1S/C20H24FN3O4S2/c21-15-6-8-18(9-7-15)30(27,28)24-12-2-1-4-16(24)10-11-22-19(25)20(26)23-14-17-5-3-13-29-17/h3,5-9,13,16H,1-2,4,10-12,14H2,(H,22,25)(H,23,26)/t16-/m1/s1. The van der Waals surface area contributed by atoms with E-state index in [1.54, 1.807) is 0 Å². The molecular weight excluding hydrogens is 429 g/mol. The molecule has 2 amide bonds. The minimum Gasteiger partial charge on any atom is -0.348 e. The molecule has 1 saturated heterocycles. The van der Waals surface area contributed by atoms with Crippen LogP contribution in [-0.4, -0.2) is 43.7 Å². The first-order chi connectivity index (χ1) is 14.4. The minimum atomic E-state index is -3.75. The van der Waals surface area contributed by atoms with Crippen LogP contribution in [0.4, 0.5) is 4.39 Å². The number of nitrogens with zero attached hydrogens (tertiary/aromatic N) is 1. The molecule has 1 fully saturated rings. The summed E-state index contributed by atoms with van der Waals surface area (Å²) in [7, 11) is -3.75. The zero-order valence-electron chi connectivity index (χ0n) is 16.3. The number of thiophene rings is 1. The van der Waals surface area contributed by atoms with Crippen molar-refractivity contribution in [3.63, 3.8) is 0 Å². The van der Waals surface area contributed by atoms with Gasteiger partial charge in [-0.3, -0.25) is 9.59 Å². The first kappa shape index (κ1) is 22.4. The topological polar surface area (TPSA) is 95.6 Å². The molecule has 1 aromatic heterocycles. The van der Waals surface area contributed by atoms with Gasteiger partial charge in [0.25, 0.3) is 0 Å². The highest BCUT2D eigenvalue weighted by Gasteiger charge is 2.33. The fourth-order valence-corrected chi connectivity index (χ4v) is 5.78. The van der Waals surface area contributed by atoms with E-state index in [0.29, 0.717) is 19.4 Å². The van der Waals surface area contributed by atoms with Gasteiger partial charge < -0.3 is 10.6 Å². The second-order valence-electron chi connectivity index (χ2n) is 7.03. The van der Waals surface area contributed by atoms with E-state index in [0.717, 1.165) is 29.9 Å². The molecule has 0 radical (unpaired) electrons. The minimum absolute atomic E-state index is 0.0489. The molecule has 1 atom stereocenters. The van der Waals surface area contributed by atoms with E-state index in [2.05, 4.69) is 10.6 Å². The van der Waals surface area contributed by atoms with Crippen LogP contribution >= 0.6 is 11.3 Å². The molecular formula is C20H24FN3O4S2. The van der Waals surface area contributed by atoms with Crippen molar-refractivity contribution in [2.75, 3.05) is 13.1 Å². The predicted octanol–water partition coefficient (Wildman–Crippen LogP) is 2.25. The van der Waals surface area contributed by atoms with E-state index in [1.807, 2.05) is 17.5 Å². The highest BCUT2D eigenvalue weighted by atomic mass is 32.2. The molecule has 0 bridgehead atoms. The highest BCUT2D eigenvalue weighted by molar-refractivity contribution is 7.89. The van der Waals surface area contributed by atoms with E-state index in [1.165, 1.54) is 27.8 Å². The molecule has 10 heteroatoms. The normalized spacial score (nSPS) is 17.4. The maximum atomic E-state index is 13.2. The van der Waals surface area contributed by atoms with E-state index in [9.17, 15) is 22.4 Å². The Morgan fingerprint density at radius 1 is 1.10 bits per heavy atom. The third-order valence-electron chi connectivity index (χ3n) is 4.97. The van der Waals surface area contributed by atoms with Crippen molar-refractivity contribution in [2.24, 2.45) is 0 Å². The Kier molecular flexibility index (Phi) is 7.57. The number of halogens is 1. The van der Waals surface area contributed by atoms with Crippen LogP contribution in [0, 0.1) is 5.82 Å². The molecule has 2 N–H and O–H groups in total. The molecule has 1 aromatic carbocycles. The van der Waals surface area contributed by atoms with Crippen molar-refractivity contribution in [3.05, 3.63) is 52.5 Å². The van der Waals surface area contributed by atoms with Gasteiger partial charge in [-0.2, -0.15) is 4.31 Å². The van der Waals surface area contributed by atoms with Crippen LogP contribution in [0.2, 0.25) is 0 Å². The van der Waals surface area contributed by atoms with Crippen molar-refractivity contribution < 1.29 is 22.4 Å². The highest BCUT2D eigenvalue weighted by Crippen LogP contribution is 2.27. The van der Waals surface area contributed by atoms with Gasteiger partial charge >= 0.3 is 11.8 Å². The Labute approximate surface area is 179 Å². The molecule has 7 nitrogen and oxygen atoms in total. The number of carbonyl (C=O) groups is 2. The average Bonchev–Trinajstić information content (AvgIpc) is 3.26. The van der Waals surface area contributed by atoms with Gasteiger partial charge in [0.2, 0.25) is 10.0 Å². The summed E-state index contributed by atoms with van der Waals surface area (Å²) in [5.74, 6) is -1.96. The van der Waals surface area contributed by atoms with Crippen molar-refractivity contribution in [1.29, 1.82) is 0 Å². The predicted molar refractivity (Wildman–Crippen MR) is 112 cm³/mol. The van der Waals surface area contributed by atoms with Gasteiger partial charge in [0.15, 0.2) is 0 Å². The number of carbonyl (C=O) groups excluding carboxylic acids is 2. The first-order valence-corrected chi connectivity index (χ1v) is 12.1. The van der Waals surface area contributed by atoms with E-state index >= 15 is 0 Å². The molecule has 3 rings (SSSR count). The Hall–Kier alpha value is -2.30. The van der Waals surface area contributed by atoms with Crippen molar-refractivity contribution in [1.82, 2.24) is 14.9 Å². The lowest BCUT2D eigenvalue weighted by atomic mass is 10.0. The molecule has 2 aromatic rings. The molecule has 0 unspecified atom stereocenters. The number of piperidine rings is 1. The Bertz CT molecular complexity index is 962. The largest absolute Gasteiger partial charge is 0.348 e. The smallest absolute Gasteiger partial charge is 0.309 e. The maximum absolute atomic E-state index is 13.2. The number of benzene rings is 1. The summed E-state index contributed by atoms with van der Waals surface area (Å²) in [5, 5.41) is 7.00. The second kappa shape index (κ2) is 10.1. The van der Waals surface area contributed by atoms with Gasteiger partial charge in [-0.05, 0) is 55.0 Å². The van der Waals surface area contributed by atoms with Gasteiger partial charge in [0, 0.05) is 24.0 Å². The van der Waals surface area contributed by atoms with E-state index in [-0.39, 0.29) is 24.0 Å². The Balaban J connectivity index is 1.53. The van der Waals surface area contributed by atoms with Gasteiger partial charge in [0.1, 0.15) is 5.82 Å². The molecule has 1 aliphatic rings. The second-order valence-corrected chi connectivity index (χ2v) is 9.95. The number of hydrogen-bond donors (Lipinski definition) is 2. The summed E-state index contributed by atoms with van der Waals surface area (Å²) >= 11 is 1.49. The van der Waals surface area contributed by atoms with E-state index < -0.39 is 27.7 Å². The molecule has 30 heavy (non-hydrogen) atoms. The monoisotopic (exact) mass is 453 g/mol. The molecule has 0 spiro atoms. The van der Waals surface area contributed by atoms with Crippen LogP contribution in [0.1, 0.15) is 30.6 Å². The van der Waals surface area contributed by atoms with Gasteiger partial charge in [0.05, 0.1) is 11.4 Å². The van der Waals surface area contributed by atoms with Crippen LogP contribution in [0.3, 0.4) is 0 Å². The average molecular weight is 454 g/mol. The lowest BCUT2D eigenvalue weighted by Crippen LogP contribution is -2.46. The fraction of sp³-hybridized carbons (Fsp3) is 0.400. The quantitative estimate of drug-likeness (QED) is 0.629. The maximum Gasteiger partial charge on any atom is 0.309 e. The van der Waals surface area contributed by atoms with Gasteiger partial charge in [-0.25, -0.2) is 12.8 Å². The third kappa shape index (κ3) is 5.65. The number of sulfonamides is 1. The Morgan fingerprint density at radius 3 is 2.53 bits per heavy atom. The van der Waals surface area contributed by atoms with Crippen molar-refractivity contribution in [3.8, 4) is 0 Å². The lowest BCUT2D eigenvalue weighted by Gasteiger charge is -2.34. The molecule has 162 valence electrons. The summed E-state index contributed by atoms with van der Waals surface area (Å²) in [4.78, 5) is 24.9. The SMILES string of the molecule is O=C(NCC[C@H]1CCCCN1S(=O)(=O)c1ccc(F)cc1)C(=O)NCc1cccs1. The molecule has 2 heterocycles.